The fourth-order valence-electron chi connectivity index (χ4n) is 10.5. The number of ether oxygens (including phenoxy) is 2. The minimum atomic E-state index is -0.107. The van der Waals surface area contributed by atoms with E-state index >= 15 is 0 Å². The van der Waals surface area contributed by atoms with Crippen molar-refractivity contribution in [2.75, 3.05) is 7.11 Å². The number of hydrogen-bond acceptors (Lipinski definition) is 5. The van der Waals surface area contributed by atoms with Gasteiger partial charge in [-0.05, 0) is 111 Å². The second kappa shape index (κ2) is 8.64. The zero-order valence-electron chi connectivity index (χ0n) is 23.0. The van der Waals surface area contributed by atoms with Gasteiger partial charge in [0.05, 0.1) is 24.3 Å². The number of fused-ring (bicyclic) bond motifs is 5. The summed E-state index contributed by atoms with van der Waals surface area (Å²) in [5.41, 5.74) is 1.45. The molecular weight excluding hydrogens is 478 g/mol. The Labute approximate surface area is 225 Å². The lowest BCUT2D eigenvalue weighted by Gasteiger charge is -2.58. The third kappa shape index (κ3) is 3.31. The van der Waals surface area contributed by atoms with Crippen molar-refractivity contribution in [3.8, 4) is 0 Å². The van der Waals surface area contributed by atoms with Crippen LogP contribution in [0.25, 0.3) is 0 Å². The zero-order valence-corrected chi connectivity index (χ0v) is 23.0. The van der Waals surface area contributed by atoms with E-state index in [-0.39, 0.29) is 34.8 Å². The van der Waals surface area contributed by atoms with E-state index in [0.717, 1.165) is 32.1 Å². The lowest BCUT2D eigenvalue weighted by Crippen LogP contribution is -2.56. The summed E-state index contributed by atoms with van der Waals surface area (Å²) in [6, 6.07) is 7.31. The molecule has 0 radical (unpaired) electrons. The van der Waals surface area contributed by atoms with Gasteiger partial charge in [0.25, 0.3) is 11.8 Å². The number of carbonyl (C=O) groups is 3. The van der Waals surface area contributed by atoms with E-state index in [1.807, 2.05) is 12.1 Å². The zero-order chi connectivity index (χ0) is 26.4. The van der Waals surface area contributed by atoms with E-state index in [2.05, 4.69) is 13.8 Å². The van der Waals surface area contributed by atoms with E-state index in [4.69, 9.17) is 9.47 Å². The summed E-state index contributed by atoms with van der Waals surface area (Å²) in [6.07, 6.45) is 10.8. The number of imide groups is 1. The van der Waals surface area contributed by atoms with Crippen molar-refractivity contribution in [3.05, 3.63) is 35.4 Å². The monoisotopic (exact) mass is 519 g/mol. The molecule has 1 spiro atoms. The van der Waals surface area contributed by atoms with Crippen LogP contribution >= 0.6 is 0 Å². The Morgan fingerprint density at radius 1 is 1.05 bits per heavy atom. The first-order valence-electron chi connectivity index (χ1n) is 15.0. The highest BCUT2D eigenvalue weighted by Gasteiger charge is 2.75. The van der Waals surface area contributed by atoms with Crippen LogP contribution in [0, 0.1) is 40.9 Å². The quantitative estimate of drug-likeness (QED) is 0.286. The van der Waals surface area contributed by atoms with E-state index in [1.54, 1.807) is 17.0 Å². The number of methoxy groups -OCH3 is 1. The minimum Gasteiger partial charge on any atom is -0.469 e. The third-order valence-corrected chi connectivity index (χ3v) is 12.4. The topological polar surface area (TPSA) is 76.2 Å². The first kappa shape index (κ1) is 24.8. The largest absolute Gasteiger partial charge is 0.469 e. The van der Waals surface area contributed by atoms with Gasteiger partial charge in [-0.15, -0.1) is 0 Å². The highest BCUT2D eigenvalue weighted by atomic mass is 16.6. The van der Waals surface area contributed by atoms with Gasteiger partial charge in [0, 0.05) is 12.5 Å². The summed E-state index contributed by atoms with van der Waals surface area (Å²) < 4.78 is 11.6. The maximum Gasteiger partial charge on any atom is 0.305 e. The van der Waals surface area contributed by atoms with Crippen LogP contribution < -0.4 is 0 Å². The SMILES string of the molecule is COC(=O)CCC(C)[C@H]1CCC2C3CC[C@@H]4C[C@@H](N5C(=O)c6ccccc6C5=O)CC[C@]4(C)C3C[C@@H]3O[C@@]231. The summed E-state index contributed by atoms with van der Waals surface area (Å²) in [7, 11) is 1.48. The van der Waals surface area contributed by atoms with Crippen molar-refractivity contribution in [2.45, 2.75) is 95.8 Å². The molecule has 6 aliphatic rings. The summed E-state index contributed by atoms with van der Waals surface area (Å²) >= 11 is 0. The first-order chi connectivity index (χ1) is 18.3. The van der Waals surface area contributed by atoms with Crippen LogP contribution in [0.5, 0.6) is 0 Å². The normalized spacial score (nSPS) is 43.4. The van der Waals surface area contributed by atoms with Crippen molar-refractivity contribution in [3.63, 3.8) is 0 Å². The van der Waals surface area contributed by atoms with Gasteiger partial charge in [-0.1, -0.05) is 26.0 Å². The van der Waals surface area contributed by atoms with Crippen LogP contribution in [-0.4, -0.2) is 47.5 Å². The van der Waals surface area contributed by atoms with Crippen LogP contribution in [-0.2, 0) is 14.3 Å². The molecule has 1 aromatic rings. The maximum absolute atomic E-state index is 13.2. The van der Waals surface area contributed by atoms with Gasteiger partial charge in [-0.25, -0.2) is 0 Å². The van der Waals surface area contributed by atoms with Crippen LogP contribution in [0.2, 0.25) is 0 Å². The molecule has 4 aliphatic carbocycles. The molecule has 6 heteroatoms. The Balaban J connectivity index is 1.06. The summed E-state index contributed by atoms with van der Waals surface area (Å²) in [6.45, 7) is 4.84. The average Bonchev–Trinajstić information content (AvgIpc) is 3.44. The van der Waals surface area contributed by atoms with Crippen molar-refractivity contribution < 1.29 is 23.9 Å². The molecule has 1 aromatic carbocycles. The van der Waals surface area contributed by atoms with Crippen LogP contribution in [0.3, 0.4) is 0 Å². The first-order valence-corrected chi connectivity index (χ1v) is 15.0. The van der Waals surface area contributed by atoms with Crippen LogP contribution in [0.4, 0.5) is 0 Å². The van der Waals surface area contributed by atoms with Gasteiger partial charge in [0.15, 0.2) is 0 Å². The molecule has 2 amide bonds. The highest BCUT2D eigenvalue weighted by molar-refractivity contribution is 6.21. The fourth-order valence-corrected chi connectivity index (χ4v) is 10.5. The van der Waals surface area contributed by atoms with Gasteiger partial charge in [-0.2, -0.15) is 0 Å². The number of epoxide rings is 1. The van der Waals surface area contributed by atoms with Gasteiger partial charge in [0.1, 0.15) is 5.60 Å². The number of carbonyl (C=O) groups excluding carboxylic acids is 3. The predicted molar refractivity (Wildman–Crippen MR) is 141 cm³/mol. The number of amides is 2. The molecule has 0 aromatic heterocycles. The van der Waals surface area contributed by atoms with E-state index < -0.39 is 0 Å². The Hall–Kier alpha value is -2.21. The third-order valence-electron chi connectivity index (χ3n) is 12.4. The average molecular weight is 520 g/mol. The Bertz CT molecular complexity index is 1150. The smallest absolute Gasteiger partial charge is 0.305 e. The Morgan fingerprint density at radius 2 is 1.79 bits per heavy atom. The van der Waals surface area contributed by atoms with Crippen molar-refractivity contribution in [1.29, 1.82) is 0 Å². The van der Waals surface area contributed by atoms with Crippen LogP contribution in [0.15, 0.2) is 24.3 Å². The lowest BCUT2D eigenvalue weighted by atomic mass is 9.46. The molecular formula is C32H41NO5. The van der Waals surface area contributed by atoms with E-state index in [0.29, 0.717) is 59.2 Å². The van der Waals surface area contributed by atoms with Gasteiger partial charge < -0.3 is 9.47 Å². The second-order valence-corrected chi connectivity index (χ2v) is 13.6. The number of nitrogens with zero attached hydrogens (tertiary/aromatic N) is 1. The van der Waals surface area contributed by atoms with E-state index in [1.165, 1.54) is 32.8 Å². The molecule has 7 rings (SSSR count). The molecule has 204 valence electrons. The van der Waals surface area contributed by atoms with Gasteiger partial charge >= 0.3 is 5.97 Å². The van der Waals surface area contributed by atoms with E-state index in [9.17, 15) is 14.4 Å². The molecule has 2 aliphatic heterocycles. The maximum atomic E-state index is 13.2. The molecule has 4 saturated carbocycles. The number of rotatable bonds is 5. The van der Waals surface area contributed by atoms with Crippen LogP contribution in [0.1, 0.15) is 98.8 Å². The summed E-state index contributed by atoms with van der Waals surface area (Å²) in [5, 5.41) is 0. The molecule has 38 heavy (non-hydrogen) atoms. The lowest BCUT2D eigenvalue weighted by molar-refractivity contribution is -0.141. The van der Waals surface area contributed by atoms with Crippen molar-refractivity contribution in [2.24, 2.45) is 40.9 Å². The minimum absolute atomic E-state index is 0.0170. The number of esters is 1. The molecule has 5 fully saturated rings. The predicted octanol–water partition coefficient (Wildman–Crippen LogP) is 5.64. The molecule has 1 saturated heterocycles. The second-order valence-electron chi connectivity index (χ2n) is 13.6. The summed E-state index contributed by atoms with van der Waals surface area (Å²) in [5.74, 6) is 3.30. The summed E-state index contributed by atoms with van der Waals surface area (Å²) in [4.78, 5) is 39.8. The standard InChI is InChI=1S/C32H41NO5/c1-18(8-13-28(34)37-3)24-11-12-25-23-10-9-19-16-20(33-29(35)21-6-4-5-7-22(21)30(33)36)14-15-31(19,2)26(23)17-27-32(24,25)38-27/h4-7,18-20,23-27H,8-17H2,1-3H3/t18?,19-,20+,23?,24-,25?,26?,27+,31+,32+/m1/s1. The van der Waals surface area contributed by atoms with Crippen molar-refractivity contribution in [1.82, 2.24) is 4.90 Å². The molecule has 4 unspecified atom stereocenters. The Morgan fingerprint density at radius 3 is 2.50 bits per heavy atom. The fraction of sp³-hybridized carbons (Fsp3) is 0.719. The van der Waals surface area contributed by atoms with Gasteiger partial charge in [-0.3, -0.25) is 19.3 Å². The molecule has 10 atom stereocenters. The number of benzene rings is 1. The number of hydrogen-bond donors (Lipinski definition) is 0. The van der Waals surface area contributed by atoms with Crippen molar-refractivity contribution >= 4 is 17.8 Å². The van der Waals surface area contributed by atoms with Gasteiger partial charge in [0.2, 0.25) is 0 Å². The Kier molecular flexibility index (Phi) is 5.64. The molecule has 2 heterocycles. The molecule has 0 bridgehead atoms. The molecule has 6 nitrogen and oxygen atoms in total. The molecule has 0 N–H and O–H groups in total. The highest BCUT2D eigenvalue weighted by Crippen LogP contribution is 2.72.